The summed E-state index contributed by atoms with van der Waals surface area (Å²) in [7, 11) is 0. The second-order valence-electron chi connectivity index (χ2n) is 8.82. The third-order valence-electron chi connectivity index (χ3n) is 7.24. The molecule has 2 saturated heterocycles. The third kappa shape index (κ3) is 3.09. The Labute approximate surface area is 177 Å². The molecular weight excluding hydrogens is 384 g/mol. The molecule has 3 aliphatic rings. The average Bonchev–Trinajstić information content (AvgIpc) is 2.64. The number of hydrogen-bond acceptors (Lipinski definition) is 3. The molecule has 29 heavy (non-hydrogen) atoms. The second-order valence-corrected chi connectivity index (χ2v) is 9.25. The Hall–Kier alpha value is -1.88. The van der Waals surface area contributed by atoms with Crippen LogP contribution in [-0.4, -0.2) is 52.1 Å². The number of benzene rings is 2. The monoisotopic (exact) mass is 410 g/mol. The Morgan fingerprint density at radius 1 is 1.07 bits per heavy atom. The molecule has 2 atom stereocenters. The van der Waals surface area contributed by atoms with Gasteiger partial charge >= 0.3 is 0 Å². The van der Waals surface area contributed by atoms with E-state index in [1.165, 1.54) is 17.5 Å². The Bertz CT molecular complexity index is 876. The number of amides is 1. The first-order chi connectivity index (χ1) is 14.1. The molecule has 0 unspecified atom stereocenters. The highest BCUT2D eigenvalue weighted by atomic mass is 35.5. The summed E-state index contributed by atoms with van der Waals surface area (Å²) >= 11 is 6.05. The summed E-state index contributed by atoms with van der Waals surface area (Å²) in [5, 5.41) is 11.0. The largest absolute Gasteiger partial charge is 0.395 e. The minimum Gasteiger partial charge on any atom is -0.395 e. The minimum atomic E-state index is -0.0895. The van der Waals surface area contributed by atoms with Gasteiger partial charge in [-0.2, -0.15) is 0 Å². The fourth-order valence-electron chi connectivity index (χ4n) is 5.49. The van der Waals surface area contributed by atoms with Gasteiger partial charge in [-0.1, -0.05) is 60.5 Å². The molecule has 2 heterocycles. The molecule has 152 valence electrons. The number of carbonyl (C=O) groups excluding carboxylic acids is 1. The van der Waals surface area contributed by atoms with Crippen LogP contribution in [0.2, 0.25) is 5.02 Å². The van der Waals surface area contributed by atoms with E-state index in [0.717, 1.165) is 37.5 Å². The van der Waals surface area contributed by atoms with Crippen molar-refractivity contribution in [1.29, 1.82) is 0 Å². The maximum atomic E-state index is 12.8. The van der Waals surface area contributed by atoms with Gasteiger partial charge in [0.1, 0.15) is 0 Å². The smallest absolute Gasteiger partial charge is 0.225 e. The summed E-state index contributed by atoms with van der Waals surface area (Å²) in [5.41, 5.74) is 2.35. The van der Waals surface area contributed by atoms with Gasteiger partial charge in [-0.05, 0) is 36.1 Å². The second kappa shape index (κ2) is 7.42. The number of likely N-dealkylation sites (tertiary alicyclic amines) is 2. The zero-order valence-electron chi connectivity index (χ0n) is 16.5. The van der Waals surface area contributed by atoms with Gasteiger partial charge in [0, 0.05) is 42.5 Å². The molecule has 5 heteroatoms. The highest BCUT2D eigenvalue weighted by Gasteiger charge is 2.66. The highest BCUT2D eigenvalue weighted by Crippen LogP contribution is 2.54. The molecule has 3 fully saturated rings. The molecule has 1 saturated carbocycles. The maximum Gasteiger partial charge on any atom is 0.225 e. The molecule has 0 bridgehead atoms. The Kier molecular flexibility index (Phi) is 4.89. The van der Waals surface area contributed by atoms with Gasteiger partial charge in [-0.3, -0.25) is 9.69 Å². The fraction of sp³-hybridized carbons (Fsp3) is 0.458. The van der Waals surface area contributed by atoms with E-state index in [9.17, 15) is 9.90 Å². The number of aliphatic hydroxyl groups is 1. The van der Waals surface area contributed by atoms with E-state index in [2.05, 4.69) is 41.3 Å². The Morgan fingerprint density at radius 2 is 1.76 bits per heavy atom. The lowest BCUT2D eigenvalue weighted by molar-refractivity contribution is -0.203. The maximum absolute atomic E-state index is 12.8. The molecule has 1 aliphatic carbocycles. The molecule has 1 amide bonds. The van der Waals surface area contributed by atoms with Gasteiger partial charge in [-0.25, -0.2) is 0 Å². The van der Waals surface area contributed by atoms with Crippen LogP contribution in [0, 0.1) is 5.92 Å². The van der Waals surface area contributed by atoms with E-state index < -0.39 is 0 Å². The molecule has 5 rings (SSSR count). The number of carbonyl (C=O) groups is 1. The van der Waals surface area contributed by atoms with Crippen molar-refractivity contribution in [2.45, 2.75) is 43.3 Å². The molecule has 2 aromatic carbocycles. The lowest BCUT2D eigenvalue weighted by Crippen LogP contribution is -2.84. The minimum absolute atomic E-state index is 0.0639. The molecule has 0 radical (unpaired) electrons. The normalized spacial score (nSPS) is 25.9. The van der Waals surface area contributed by atoms with Crippen LogP contribution in [-0.2, 0) is 11.3 Å². The van der Waals surface area contributed by atoms with Crippen molar-refractivity contribution in [3.05, 3.63) is 70.7 Å². The standard InChI is InChI=1S/C24H27ClN2O2/c25-20-11-9-17(10-12-20)13-27-21(14-28)22(18-5-2-1-3-6-18)24(27)15-26(16-24)23(29)19-7-4-8-19/h1-3,5-6,9-12,19,21-22,28H,4,7-8,13-16H2/t21-,22-/m1/s1. The van der Waals surface area contributed by atoms with Gasteiger partial charge < -0.3 is 10.0 Å². The first-order valence-corrected chi connectivity index (χ1v) is 11.0. The third-order valence-corrected chi connectivity index (χ3v) is 7.50. The van der Waals surface area contributed by atoms with E-state index in [-0.39, 0.29) is 30.0 Å². The summed E-state index contributed by atoms with van der Waals surface area (Å²) in [6, 6.07) is 18.5. The van der Waals surface area contributed by atoms with Crippen LogP contribution in [0.1, 0.15) is 36.3 Å². The van der Waals surface area contributed by atoms with Crippen LogP contribution in [0.3, 0.4) is 0 Å². The highest BCUT2D eigenvalue weighted by molar-refractivity contribution is 6.30. The lowest BCUT2D eigenvalue weighted by atomic mass is 9.60. The van der Waals surface area contributed by atoms with Crippen LogP contribution < -0.4 is 0 Å². The zero-order chi connectivity index (χ0) is 20.0. The first-order valence-electron chi connectivity index (χ1n) is 10.6. The van der Waals surface area contributed by atoms with Gasteiger partial charge in [0.05, 0.1) is 12.1 Å². The van der Waals surface area contributed by atoms with E-state index in [4.69, 9.17) is 11.6 Å². The fourth-order valence-corrected chi connectivity index (χ4v) is 5.61. The summed E-state index contributed by atoms with van der Waals surface area (Å²) in [6.07, 6.45) is 3.26. The van der Waals surface area contributed by atoms with Crippen LogP contribution in [0.25, 0.3) is 0 Å². The predicted molar refractivity (Wildman–Crippen MR) is 114 cm³/mol. The van der Waals surface area contributed by atoms with Crippen molar-refractivity contribution >= 4 is 17.5 Å². The lowest BCUT2D eigenvalue weighted by Gasteiger charge is -2.71. The quantitative estimate of drug-likeness (QED) is 0.817. The molecule has 1 N–H and O–H groups in total. The molecule has 2 aromatic rings. The van der Waals surface area contributed by atoms with Crippen LogP contribution in [0.4, 0.5) is 0 Å². The Morgan fingerprint density at radius 3 is 2.34 bits per heavy atom. The Balaban J connectivity index is 1.41. The van der Waals surface area contributed by atoms with E-state index in [0.29, 0.717) is 5.91 Å². The summed E-state index contributed by atoms with van der Waals surface area (Å²) < 4.78 is 0. The van der Waals surface area contributed by atoms with Crippen LogP contribution >= 0.6 is 11.6 Å². The number of nitrogens with zero attached hydrogens (tertiary/aromatic N) is 2. The SMILES string of the molecule is O=C(C1CCC1)N1CC2(C1)[C@H](c1ccccc1)[C@@H](CO)N2Cc1ccc(Cl)cc1. The topological polar surface area (TPSA) is 43.8 Å². The summed E-state index contributed by atoms with van der Waals surface area (Å²) in [6.45, 7) is 2.39. The molecule has 2 aliphatic heterocycles. The van der Waals surface area contributed by atoms with E-state index in [1.807, 2.05) is 23.1 Å². The van der Waals surface area contributed by atoms with Crippen LogP contribution in [0.15, 0.2) is 54.6 Å². The summed E-state index contributed by atoms with van der Waals surface area (Å²) in [4.78, 5) is 17.2. The van der Waals surface area contributed by atoms with Crippen molar-refractivity contribution in [1.82, 2.24) is 9.80 Å². The van der Waals surface area contributed by atoms with Crippen molar-refractivity contribution in [2.24, 2.45) is 5.92 Å². The first kappa shape index (κ1) is 19.1. The average molecular weight is 411 g/mol. The number of halogens is 1. The number of hydrogen-bond donors (Lipinski definition) is 1. The van der Waals surface area contributed by atoms with Crippen molar-refractivity contribution in [2.75, 3.05) is 19.7 Å². The van der Waals surface area contributed by atoms with Crippen molar-refractivity contribution < 1.29 is 9.90 Å². The molecule has 1 spiro atoms. The number of aliphatic hydroxyl groups excluding tert-OH is 1. The van der Waals surface area contributed by atoms with Gasteiger partial charge in [0.25, 0.3) is 0 Å². The predicted octanol–water partition coefficient (Wildman–Crippen LogP) is 3.68. The summed E-state index contributed by atoms with van der Waals surface area (Å²) in [5.74, 6) is 0.806. The van der Waals surface area contributed by atoms with Gasteiger partial charge in [0.15, 0.2) is 0 Å². The van der Waals surface area contributed by atoms with Crippen molar-refractivity contribution in [3.8, 4) is 0 Å². The van der Waals surface area contributed by atoms with Crippen LogP contribution in [0.5, 0.6) is 0 Å². The molecular formula is C24H27ClN2O2. The van der Waals surface area contributed by atoms with Crippen molar-refractivity contribution in [3.63, 3.8) is 0 Å². The molecule has 0 aromatic heterocycles. The number of rotatable bonds is 5. The van der Waals surface area contributed by atoms with Gasteiger partial charge in [0.2, 0.25) is 5.91 Å². The van der Waals surface area contributed by atoms with E-state index in [1.54, 1.807) is 0 Å². The van der Waals surface area contributed by atoms with E-state index >= 15 is 0 Å². The zero-order valence-corrected chi connectivity index (χ0v) is 17.3. The molecule has 4 nitrogen and oxygen atoms in total. The van der Waals surface area contributed by atoms with Gasteiger partial charge in [-0.15, -0.1) is 0 Å².